The molecule has 0 fully saturated rings. The Morgan fingerprint density at radius 3 is 2.75 bits per heavy atom. The average molecular weight is 224 g/mol. The summed E-state index contributed by atoms with van der Waals surface area (Å²) in [7, 11) is 0. The maximum Gasteiger partial charge on any atom is 0.306 e. The third kappa shape index (κ3) is 3.47. The second-order valence-corrected chi connectivity index (χ2v) is 4.26. The van der Waals surface area contributed by atoms with Crippen LogP contribution in [0.5, 0.6) is 0 Å². The van der Waals surface area contributed by atoms with Crippen LogP contribution in [0, 0.1) is 17.8 Å². The number of esters is 1. The molecule has 0 aromatic carbocycles. The van der Waals surface area contributed by atoms with Crippen molar-refractivity contribution < 1.29 is 14.3 Å². The van der Waals surface area contributed by atoms with Crippen molar-refractivity contribution in [1.82, 2.24) is 0 Å². The molecular weight excluding hydrogens is 204 g/mol. The minimum atomic E-state index is -0.170. The van der Waals surface area contributed by atoms with Crippen molar-refractivity contribution in [3.05, 3.63) is 12.2 Å². The fraction of sp³-hybridized carbons (Fsp3) is 0.692. The third-order valence-corrected chi connectivity index (χ3v) is 3.14. The van der Waals surface area contributed by atoms with Crippen LogP contribution in [0.3, 0.4) is 0 Å². The standard InChI is InChI=1S/C13H20O3/c1-3-11-6-5-10(7-12(11)9-14)8-13(15)16-4-2/h5-6,9-12H,3-4,7-8H2,1-2H3. The van der Waals surface area contributed by atoms with E-state index in [2.05, 4.69) is 19.1 Å². The zero-order chi connectivity index (χ0) is 12.0. The Balaban J connectivity index is 2.52. The first-order chi connectivity index (χ1) is 7.71. The molecule has 0 heterocycles. The van der Waals surface area contributed by atoms with E-state index in [1.54, 1.807) is 6.92 Å². The quantitative estimate of drug-likeness (QED) is 0.409. The van der Waals surface area contributed by atoms with Crippen LogP contribution in [0.4, 0.5) is 0 Å². The van der Waals surface area contributed by atoms with Crippen molar-refractivity contribution in [3.8, 4) is 0 Å². The molecule has 0 aliphatic heterocycles. The first-order valence-electron chi connectivity index (χ1n) is 6.00. The molecule has 0 radical (unpaired) electrons. The highest BCUT2D eigenvalue weighted by Gasteiger charge is 2.26. The summed E-state index contributed by atoms with van der Waals surface area (Å²) in [4.78, 5) is 22.2. The summed E-state index contributed by atoms with van der Waals surface area (Å²) < 4.78 is 4.91. The predicted molar refractivity (Wildman–Crippen MR) is 61.8 cm³/mol. The zero-order valence-corrected chi connectivity index (χ0v) is 10.0. The van der Waals surface area contributed by atoms with E-state index in [-0.39, 0.29) is 17.8 Å². The molecule has 1 aliphatic rings. The first kappa shape index (κ1) is 12.9. The summed E-state index contributed by atoms with van der Waals surface area (Å²) in [5.74, 6) is 0.402. The van der Waals surface area contributed by atoms with Gasteiger partial charge in [0.2, 0.25) is 0 Å². The van der Waals surface area contributed by atoms with Gasteiger partial charge < -0.3 is 9.53 Å². The highest BCUT2D eigenvalue weighted by molar-refractivity contribution is 5.70. The lowest BCUT2D eigenvalue weighted by molar-refractivity contribution is -0.144. The summed E-state index contributed by atoms with van der Waals surface area (Å²) in [6.07, 6.45) is 7.31. The van der Waals surface area contributed by atoms with E-state index in [0.717, 1.165) is 19.1 Å². The van der Waals surface area contributed by atoms with Gasteiger partial charge in [-0.3, -0.25) is 4.79 Å². The maximum absolute atomic E-state index is 11.3. The van der Waals surface area contributed by atoms with Crippen molar-refractivity contribution >= 4 is 12.3 Å². The van der Waals surface area contributed by atoms with Crippen molar-refractivity contribution in [3.63, 3.8) is 0 Å². The average Bonchev–Trinajstić information content (AvgIpc) is 2.29. The molecule has 0 saturated carbocycles. The Hall–Kier alpha value is -1.12. The van der Waals surface area contributed by atoms with Gasteiger partial charge >= 0.3 is 5.97 Å². The SMILES string of the molecule is CCOC(=O)CC1C=CC(CC)C(C=O)C1. The third-order valence-electron chi connectivity index (χ3n) is 3.14. The highest BCUT2D eigenvalue weighted by Crippen LogP contribution is 2.30. The summed E-state index contributed by atoms with van der Waals surface area (Å²) in [6, 6.07) is 0. The highest BCUT2D eigenvalue weighted by atomic mass is 16.5. The molecule has 0 N–H and O–H groups in total. The lowest BCUT2D eigenvalue weighted by Gasteiger charge is -2.27. The number of rotatable bonds is 5. The number of allylic oxidation sites excluding steroid dienone is 2. The summed E-state index contributed by atoms with van der Waals surface area (Å²) in [6.45, 7) is 4.30. The van der Waals surface area contributed by atoms with E-state index in [1.165, 1.54) is 0 Å². The second-order valence-electron chi connectivity index (χ2n) is 4.26. The monoisotopic (exact) mass is 224 g/mol. The molecule has 0 saturated heterocycles. The molecule has 90 valence electrons. The maximum atomic E-state index is 11.3. The van der Waals surface area contributed by atoms with Gasteiger partial charge in [0.1, 0.15) is 6.29 Å². The number of carbonyl (C=O) groups is 2. The molecule has 0 bridgehead atoms. The molecule has 3 unspecified atom stereocenters. The lowest BCUT2D eigenvalue weighted by Crippen LogP contribution is -2.23. The molecule has 0 aromatic heterocycles. The molecule has 1 rings (SSSR count). The van der Waals surface area contributed by atoms with Gasteiger partial charge in [0.25, 0.3) is 0 Å². The number of ether oxygens (including phenoxy) is 1. The van der Waals surface area contributed by atoms with Gasteiger partial charge in [-0.2, -0.15) is 0 Å². The van der Waals surface area contributed by atoms with E-state index in [4.69, 9.17) is 4.74 Å². The van der Waals surface area contributed by atoms with E-state index in [1.807, 2.05) is 0 Å². The van der Waals surface area contributed by atoms with Crippen LogP contribution in [0.25, 0.3) is 0 Å². The normalized spacial score (nSPS) is 28.8. The Morgan fingerprint density at radius 1 is 1.44 bits per heavy atom. The molecule has 3 nitrogen and oxygen atoms in total. The number of carbonyl (C=O) groups excluding carboxylic acids is 2. The molecule has 0 spiro atoms. The van der Waals surface area contributed by atoms with E-state index in [0.29, 0.717) is 18.9 Å². The van der Waals surface area contributed by atoms with Crippen LogP contribution in [-0.2, 0) is 14.3 Å². The van der Waals surface area contributed by atoms with Crippen molar-refractivity contribution in [1.29, 1.82) is 0 Å². The Bertz CT molecular complexity index is 270. The predicted octanol–water partition coefficient (Wildman–Crippen LogP) is 2.36. The van der Waals surface area contributed by atoms with Crippen LogP contribution in [0.2, 0.25) is 0 Å². The molecule has 1 aliphatic carbocycles. The first-order valence-corrected chi connectivity index (χ1v) is 6.00. The second kappa shape index (κ2) is 6.46. The molecule has 3 heteroatoms. The molecule has 0 amide bonds. The number of hydrogen-bond acceptors (Lipinski definition) is 3. The van der Waals surface area contributed by atoms with Crippen molar-refractivity contribution in [2.45, 2.75) is 33.1 Å². The number of aldehydes is 1. The topological polar surface area (TPSA) is 43.4 Å². The van der Waals surface area contributed by atoms with Crippen LogP contribution < -0.4 is 0 Å². The van der Waals surface area contributed by atoms with Gasteiger partial charge in [-0.05, 0) is 31.6 Å². The van der Waals surface area contributed by atoms with Gasteiger partial charge in [-0.25, -0.2) is 0 Å². The Morgan fingerprint density at radius 2 is 2.19 bits per heavy atom. The van der Waals surface area contributed by atoms with E-state index in [9.17, 15) is 9.59 Å². The van der Waals surface area contributed by atoms with Crippen molar-refractivity contribution in [2.24, 2.45) is 17.8 Å². The van der Waals surface area contributed by atoms with Crippen LogP contribution >= 0.6 is 0 Å². The van der Waals surface area contributed by atoms with Gasteiger partial charge in [0.15, 0.2) is 0 Å². The lowest BCUT2D eigenvalue weighted by atomic mass is 9.77. The summed E-state index contributed by atoms with van der Waals surface area (Å²) in [5.41, 5.74) is 0. The van der Waals surface area contributed by atoms with Gasteiger partial charge in [0.05, 0.1) is 13.0 Å². The Labute approximate surface area is 96.9 Å². The molecular formula is C13H20O3. The van der Waals surface area contributed by atoms with Crippen LogP contribution in [0.15, 0.2) is 12.2 Å². The fourth-order valence-electron chi connectivity index (χ4n) is 2.23. The Kier molecular flexibility index (Phi) is 5.23. The summed E-state index contributed by atoms with van der Waals surface area (Å²) in [5, 5.41) is 0. The van der Waals surface area contributed by atoms with Gasteiger partial charge in [-0.1, -0.05) is 19.1 Å². The minimum absolute atomic E-state index is 0.0643. The number of hydrogen-bond donors (Lipinski definition) is 0. The van der Waals surface area contributed by atoms with Crippen molar-refractivity contribution in [2.75, 3.05) is 6.61 Å². The smallest absolute Gasteiger partial charge is 0.306 e. The summed E-state index contributed by atoms with van der Waals surface area (Å²) >= 11 is 0. The van der Waals surface area contributed by atoms with E-state index < -0.39 is 0 Å². The zero-order valence-electron chi connectivity index (χ0n) is 10.0. The fourth-order valence-corrected chi connectivity index (χ4v) is 2.23. The van der Waals surface area contributed by atoms with Gasteiger partial charge in [0, 0.05) is 5.92 Å². The van der Waals surface area contributed by atoms with Gasteiger partial charge in [-0.15, -0.1) is 0 Å². The molecule has 16 heavy (non-hydrogen) atoms. The van der Waals surface area contributed by atoms with Crippen LogP contribution in [0.1, 0.15) is 33.1 Å². The largest absolute Gasteiger partial charge is 0.466 e. The minimum Gasteiger partial charge on any atom is -0.466 e. The molecule has 3 atom stereocenters. The molecule has 0 aromatic rings. The van der Waals surface area contributed by atoms with Crippen LogP contribution in [-0.4, -0.2) is 18.9 Å². The van der Waals surface area contributed by atoms with E-state index >= 15 is 0 Å².